The molecule has 0 aliphatic carbocycles. The molecule has 26 valence electrons. The van der Waals surface area contributed by atoms with E-state index in [9.17, 15) is 0 Å². The smallest absolute Gasteiger partial charge is 1.00 e. The zero-order chi connectivity index (χ0) is 0. The summed E-state index contributed by atoms with van der Waals surface area (Å²) in [4.78, 5) is 0. The van der Waals surface area contributed by atoms with E-state index in [0.29, 0.717) is 0 Å². The Morgan fingerprint density at radius 2 is 1.25 bits per heavy atom. The van der Waals surface area contributed by atoms with Gasteiger partial charge in [-0.25, -0.2) is 0 Å². The molecule has 0 radical (unpaired) electrons. The second-order valence-electron chi connectivity index (χ2n) is 0. The van der Waals surface area contributed by atoms with Gasteiger partial charge in [-0.1, -0.05) is 0 Å². The third kappa shape index (κ3) is 9.23. The van der Waals surface area contributed by atoms with Crippen LogP contribution in [0.3, 0.4) is 0 Å². The van der Waals surface area contributed by atoms with Gasteiger partial charge < -0.3 is 6.90 Å². The maximum atomic E-state index is 0. The predicted molar refractivity (Wildman–Crippen MR) is 12.0 cm³/mol. The largest absolute Gasteiger partial charge is 1.00 e. The van der Waals surface area contributed by atoms with E-state index in [4.69, 9.17) is 0 Å². The maximum absolute atomic E-state index is 0. The van der Waals surface area contributed by atoms with Crippen LogP contribution in [0.25, 0.3) is 0 Å². The number of hydrogen-bond donors (Lipinski definition) is 0. The fourth-order valence-electron chi connectivity index (χ4n) is 0. The fourth-order valence-corrected chi connectivity index (χ4v) is 0. The van der Waals surface area contributed by atoms with Crippen molar-refractivity contribution in [2.24, 2.45) is 0 Å². The van der Waals surface area contributed by atoms with Crippen molar-refractivity contribution in [1.29, 1.82) is 0 Å². The van der Waals surface area contributed by atoms with Gasteiger partial charge in [0.25, 0.3) is 0 Å². The van der Waals surface area contributed by atoms with E-state index in [1.807, 2.05) is 0 Å². The molecule has 0 aliphatic heterocycles. The van der Waals surface area contributed by atoms with E-state index in [-0.39, 0.29) is 65.9 Å². The van der Waals surface area contributed by atoms with Gasteiger partial charge in [-0.15, -0.1) is 12.4 Å². The Morgan fingerprint density at radius 1 is 1.25 bits per heavy atom. The van der Waals surface area contributed by atoms with Gasteiger partial charge in [-0.3, -0.25) is 0 Å². The molecular formula is H4ClFeNaO. The molecule has 0 aromatic heterocycles. The minimum absolute atomic E-state index is 0. The number of halogens is 1. The molecule has 4 heavy (non-hydrogen) atoms. The van der Waals surface area contributed by atoms with E-state index in [1.54, 1.807) is 0 Å². The fraction of sp³-hybridized carbons (Fsp3) is 0. The van der Waals surface area contributed by atoms with E-state index in [0.717, 1.165) is 0 Å². The molecule has 0 unspecified atom stereocenters. The zero-order valence-corrected chi connectivity index (χ0v) is 6.18. The molecule has 4 heteroatoms. The molecule has 0 saturated heterocycles. The van der Waals surface area contributed by atoms with Gasteiger partial charge in [-0.05, 0) is 0 Å². The molecule has 0 aliphatic rings. The monoisotopic (exact) mass is 134 g/mol. The Bertz CT molecular complexity index is 11.6. The Balaban J connectivity index is 0. The summed E-state index contributed by atoms with van der Waals surface area (Å²) in [7, 11) is 0. The number of hydrogen-bond acceptors (Lipinski definition) is 0. The van der Waals surface area contributed by atoms with Crippen LogP contribution in [-0.4, -0.2) is 5.48 Å². The van der Waals surface area contributed by atoms with Gasteiger partial charge >= 0.3 is 29.6 Å². The first-order chi connectivity index (χ1) is 0. The molecule has 0 heterocycles. The van der Waals surface area contributed by atoms with Crippen molar-refractivity contribution in [2.45, 2.75) is 0 Å². The molecule has 0 aromatic rings. The van der Waals surface area contributed by atoms with Gasteiger partial charge in [-0.2, -0.15) is 0 Å². The molecule has 2 N–H and O–H groups in total. The SMILES string of the molecule is Cl.O.[Fe].[H-].[Na+]. The van der Waals surface area contributed by atoms with Crippen molar-refractivity contribution >= 4 is 12.4 Å². The molecule has 0 amide bonds. The minimum Gasteiger partial charge on any atom is -1.00 e. The quantitative estimate of drug-likeness (QED) is 0.311. The molecule has 1 nitrogen and oxygen atoms in total. The summed E-state index contributed by atoms with van der Waals surface area (Å²) in [5, 5.41) is 0. The van der Waals surface area contributed by atoms with Crippen LogP contribution >= 0.6 is 12.4 Å². The van der Waals surface area contributed by atoms with Crippen LogP contribution in [0.15, 0.2) is 0 Å². The van der Waals surface area contributed by atoms with E-state index in [2.05, 4.69) is 0 Å². The van der Waals surface area contributed by atoms with Gasteiger partial charge in [0.2, 0.25) is 0 Å². The van der Waals surface area contributed by atoms with Crippen molar-refractivity contribution in [3.63, 3.8) is 0 Å². The summed E-state index contributed by atoms with van der Waals surface area (Å²) in [6.45, 7) is 0. The first-order valence-corrected chi connectivity index (χ1v) is 0. The minimum atomic E-state index is 0. The van der Waals surface area contributed by atoms with Gasteiger partial charge in [0.1, 0.15) is 0 Å². The van der Waals surface area contributed by atoms with Crippen molar-refractivity contribution < 1.29 is 53.5 Å². The van der Waals surface area contributed by atoms with Crippen LogP contribution < -0.4 is 29.6 Å². The van der Waals surface area contributed by atoms with Crippen molar-refractivity contribution in [3.8, 4) is 0 Å². The second kappa shape index (κ2) is 21.6. The van der Waals surface area contributed by atoms with Gasteiger partial charge in [0, 0.05) is 17.1 Å². The topological polar surface area (TPSA) is 31.5 Å². The Morgan fingerprint density at radius 3 is 1.25 bits per heavy atom. The van der Waals surface area contributed by atoms with Crippen LogP contribution in [0.5, 0.6) is 0 Å². The average molecular weight is 134 g/mol. The van der Waals surface area contributed by atoms with Crippen LogP contribution in [0.2, 0.25) is 0 Å². The summed E-state index contributed by atoms with van der Waals surface area (Å²) in [6.07, 6.45) is 0. The van der Waals surface area contributed by atoms with Crippen LogP contribution in [-0.2, 0) is 17.1 Å². The first kappa shape index (κ1) is 41.9. The van der Waals surface area contributed by atoms with Crippen molar-refractivity contribution in [1.82, 2.24) is 0 Å². The summed E-state index contributed by atoms with van der Waals surface area (Å²) < 4.78 is 0. The van der Waals surface area contributed by atoms with Crippen LogP contribution in [0.4, 0.5) is 0 Å². The molecular weight excluding hydrogens is 130 g/mol. The summed E-state index contributed by atoms with van der Waals surface area (Å²) in [6, 6.07) is 0. The summed E-state index contributed by atoms with van der Waals surface area (Å²) in [5.41, 5.74) is 0. The molecule has 0 spiro atoms. The first-order valence-electron chi connectivity index (χ1n) is 0. The van der Waals surface area contributed by atoms with E-state index in [1.165, 1.54) is 0 Å². The third-order valence-electron chi connectivity index (χ3n) is 0. The Hall–Kier alpha value is 1.77. The Labute approximate surface area is 65.5 Å². The number of rotatable bonds is 0. The maximum Gasteiger partial charge on any atom is 1.00 e. The standard InChI is InChI=1S/ClH.Fe.Na.H2O.H/h1H;;;1H2;/q;;+1;;-1. The van der Waals surface area contributed by atoms with Crippen LogP contribution in [0.1, 0.15) is 1.43 Å². The van der Waals surface area contributed by atoms with Crippen molar-refractivity contribution in [3.05, 3.63) is 0 Å². The summed E-state index contributed by atoms with van der Waals surface area (Å²) >= 11 is 0. The molecule has 0 atom stereocenters. The van der Waals surface area contributed by atoms with Gasteiger partial charge in [0.05, 0.1) is 0 Å². The molecule has 0 rings (SSSR count). The predicted octanol–water partition coefficient (Wildman–Crippen LogP) is -3.29. The third-order valence-corrected chi connectivity index (χ3v) is 0. The van der Waals surface area contributed by atoms with Crippen molar-refractivity contribution in [2.75, 3.05) is 0 Å². The van der Waals surface area contributed by atoms with Gasteiger partial charge in [0.15, 0.2) is 0 Å². The summed E-state index contributed by atoms with van der Waals surface area (Å²) in [5.74, 6) is 0. The second-order valence-corrected chi connectivity index (χ2v) is 0. The molecule has 0 saturated carbocycles. The molecule has 0 fully saturated rings. The van der Waals surface area contributed by atoms with Crippen LogP contribution in [0, 0.1) is 0 Å². The average Bonchev–Trinajstić information content (AvgIpc) is 0. The molecule has 0 bridgehead atoms. The Kier molecular flexibility index (Phi) is 227. The van der Waals surface area contributed by atoms with E-state index >= 15 is 0 Å². The molecule has 0 aromatic carbocycles. The van der Waals surface area contributed by atoms with E-state index < -0.39 is 0 Å². The normalized spacial score (nSPS) is 0. The zero-order valence-electron chi connectivity index (χ0n) is 3.26.